The molecule has 0 amide bonds. The van der Waals surface area contributed by atoms with E-state index in [1.165, 1.54) is 0 Å². The van der Waals surface area contributed by atoms with E-state index in [0.29, 0.717) is 17.7 Å². The maximum absolute atomic E-state index is 13.4. The first kappa shape index (κ1) is 20.3. The Morgan fingerprint density at radius 3 is 2.66 bits per heavy atom. The molecule has 0 aliphatic heterocycles. The lowest BCUT2D eigenvalue weighted by Crippen LogP contribution is -2.24. The van der Waals surface area contributed by atoms with Gasteiger partial charge in [0.15, 0.2) is 5.16 Å². The van der Waals surface area contributed by atoms with Crippen LogP contribution >= 0.6 is 11.8 Å². The average Bonchev–Trinajstić information content (AvgIpc) is 3.26. The maximum Gasteiger partial charge on any atom is 0.263 e. The van der Waals surface area contributed by atoms with E-state index in [2.05, 4.69) is 22.1 Å². The number of para-hydroxylation sites is 2. The second-order valence-corrected chi connectivity index (χ2v) is 8.69. The first-order valence-corrected chi connectivity index (χ1v) is 11.1. The number of thioether (sulfide) groups is 1. The average molecular weight is 444 g/mol. The fraction of sp³-hybridized carbons (Fsp3) is 0.167. The fourth-order valence-electron chi connectivity index (χ4n) is 3.80. The van der Waals surface area contributed by atoms with Crippen molar-refractivity contribution in [2.45, 2.75) is 23.9 Å². The first-order chi connectivity index (χ1) is 15.7. The van der Waals surface area contributed by atoms with Crippen molar-refractivity contribution in [1.82, 2.24) is 24.1 Å². The van der Waals surface area contributed by atoms with E-state index >= 15 is 0 Å². The van der Waals surface area contributed by atoms with Crippen LogP contribution in [0.25, 0.3) is 16.7 Å². The number of nitrogens with zero attached hydrogens (tertiary/aromatic N) is 5. The molecular weight excluding hydrogens is 422 g/mol. The Morgan fingerprint density at radius 2 is 1.84 bits per heavy atom. The van der Waals surface area contributed by atoms with Gasteiger partial charge < -0.3 is 4.74 Å². The van der Waals surface area contributed by atoms with Crippen LogP contribution in [0.1, 0.15) is 23.3 Å². The molecule has 0 radical (unpaired) electrons. The van der Waals surface area contributed by atoms with Crippen LogP contribution in [-0.2, 0) is 6.54 Å². The van der Waals surface area contributed by atoms with E-state index in [4.69, 9.17) is 4.74 Å². The van der Waals surface area contributed by atoms with E-state index in [1.54, 1.807) is 29.6 Å². The van der Waals surface area contributed by atoms with Crippen LogP contribution in [0.2, 0.25) is 0 Å². The van der Waals surface area contributed by atoms with Gasteiger partial charge in [-0.25, -0.2) is 0 Å². The molecule has 0 spiro atoms. The zero-order valence-corrected chi connectivity index (χ0v) is 18.5. The first-order valence-electron chi connectivity index (χ1n) is 10.2. The van der Waals surface area contributed by atoms with E-state index in [1.807, 2.05) is 71.3 Å². The van der Waals surface area contributed by atoms with Crippen LogP contribution < -0.4 is 10.3 Å². The number of fused-ring (bicyclic) bond motifs is 3. The number of hydrogen-bond acceptors (Lipinski definition) is 6. The van der Waals surface area contributed by atoms with Crippen LogP contribution in [0.15, 0.2) is 83.0 Å². The third-order valence-electron chi connectivity index (χ3n) is 5.44. The zero-order valence-electron chi connectivity index (χ0n) is 17.7. The molecule has 0 aliphatic carbocycles. The molecule has 0 saturated heterocycles. The van der Waals surface area contributed by atoms with Gasteiger partial charge in [0, 0.05) is 23.2 Å². The third-order valence-corrected chi connectivity index (χ3v) is 6.54. The second kappa shape index (κ2) is 8.47. The minimum absolute atomic E-state index is 0.108. The molecule has 8 heteroatoms. The number of ether oxygens (including phenoxy) is 1. The molecule has 0 aliphatic rings. The molecule has 0 fully saturated rings. The molecular formula is C24H21N5O2S. The summed E-state index contributed by atoms with van der Waals surface area (Å²) < 4.78 is 9.12. The second-order valence-electron chi connectivity index (χ2n) is 7.38. The van der Waals surface area contributed by atoms with Gasteiger partial charge in [0.1, 0.15) is 5.75 Å². The summed E-state index contributed by atoms with van der Waals surface area (Å²) in [6, 6.07) is 19.2. The molecule has 0 bridgehead atoms. The SMILES string of the molecule is COc1ccccc1Cn1c(=O)c2ccccc2n2c(SC(C)c3cccnc3)nnc12. The molecule has 3 aromatic heterocycles. The topological polar surface area (TPSA) is 74.3 Å². The van der Waals surface area contributed by atoms with Gasteiger partial charge in [0.25, 0.3) is 5.56 Å². The molecule has 0 saturated carbocycles. The van der Waals surface area contributed by atoms with Crippen molar-refractivity contribution < 1.29 is 4.74 Å². The molecule has 1 unspecified atom stereocenters. The Hall–Kier alpha value is -3.65. The van der Waals surface area contributed by atoms with E-state index in [9.17, 15) is 4.79 Å². The van der Waals surface area contributed by atoms with Crippen LogP contribution in [0, 0.1) is 0 Å². The lowest BCUT2D eigenvalue weighted by Gasteiger charge is -2.14. The summed E-state index contributed by atoms with van der Waals surface area (Å²) >= 11 is 1.59. The molecule has 160 valence electrons. The predicted molar refractivity (Wildman–Crippen MR) is 125 cm³/mol. The van der Waals surface area contributed by atoms with Crippen molar-refractivity contribution in [3.63, 3.8) is 0 Å². The Morgan fingerprint density at radius 1 is 1.03 bits per heavy atom. The molecule has 5 aromatic rings. The van der Waals surface area contributed by atoms with Gasteiger partial charge in [0.2, 0.25) is 5.78 Å². The molecule has 0 N–H and O–H groups in total. The van der Waals surface area contributed by atoms with Gasteiger partial charge in [-0.3, -0.25) is 18.7 Å². The summed E-state index contributed by atoms with van der Waals surface area (Å²) in [4.78, 5) is 17.6. The highest BCUT2D eigenvalue weighted by Crippen LogP contribution is 2.34. The quantitative estimate of drug-likeness (QED) is 0.363. The Balaban J connectivity index is 1.68. The van der Waals surface area contributed by atoms with Crippen LogP contribution in [0.4, 0.5) is 0 Å². The molecule has 1 atom stereocenters. The smallest absolute Gasteiger partial charge is 0.263 e. The van der Waals surface area contributed by atoms with Crippen molar-refractivity contribution in [3.8, 4) is 5.75 Å². The Kier molecular flexibility index (Phi) is 5.36. The maximum atomic E-state index is 13.4. The largest absolute Gasteiger partial charge is 0.496 e. The monoisotopic (exact) mass is 443 g/mol. The van der Waals surface area contributed by atoms with Crippen molar-refractivity contribution >= 4 is 28.4 Å². The van der Waals surface area contributed by atoms with Crippen LogP contribution in [0.3, 0.4) is 0 Å². The highest BCUT2D eigenvalue weighted by molar-refractivity contribution is 7.99. The highest BCUT2D eigenvalue weighted by atomic mass is 32.2. The summed E-state index contributed by atoms with van der Waals surface area (Å²) in [6.07, 6.45) is 3.62. The molecule has 7 nitrogen and oxygen atoms in total. The lowest BCUT2D eigenvalue weighted by molar-refractivity contribution is 0.408. The van der Waals surface area contributed by atoms with E-state index in [-0.39, 0.29) is 10.8 Å². The summed E-state index contributed by atoms with van der Waals surface area (Å²) in [6.45, 7) is 2.44. The van der Waals surface area contributed by atoms with Crippen molar-refractivity contribution in [2.24, 2.45) is 0 Å². The standard InChI is InChI=1S/C24H21N5O2S/c1-16(17-9-7-13-25-14-17)32-24-27-26-23-28(15-18-8-3-6-12-21(18)31-2)22(30)19-10-4-5-11-20(19)29(23)24/h3-14,16H,15H2,1-2H3. The van der Waals surface area contributed by atoms with Gasteiger partial charge in [-0.05, 0) is 36.8 Å². The number of rotatable bonds is 6. The predicted octanol–water partition coefficient (Wildman–Crippen LogP) is 4.35. The van der Waals surface area contributed by atoms with E-state index < -0.39 is 0 Å². The number of benzene rings is 2. The minimum atomic E-state index is -0.108. The van der Waals surface area contributed by atoms with Gasteiger partial charge in [-0.15, -0.1) is 10.2 Å². The van der Waals surface area contributed by atoms with Gasteiger partial charge in [-0.1, -0.05) is 48.2 Å². The van der Waals surface area contributed by atoms with Gasteiger partial charge >= 0.3 is 0 Å². The van der Waals surface area contributed by atoms with Crippen molar-refractivity contribution in [2.75, 3.05) is 7.11 Å². The zero-order chi connectivity index (χ0) is 22.1. The fourth-order valence-corrected chi connectivity index (χ4v) is 4.76. The summed E-state index contributed by atoms with van der Waals surface area (Å²) in [5, 5.41) is 10.3. The summed E-state index contributed by atoms with van der Waals surface area (Å²) in [5.41, 5.74) is 2.68. The highest BCUT2D eigenvalue weighted by Gasteiger charge is 2.20. The molecule has 3 heterocycles. The minimum Gasteiger partial charge on any atom is -0.496 e. The van der Waals surface area contributed by atoms with Gasteiger partial charge in [0.05, 0.1) is 24.6 Å². The number of methoxy groups -OCH3 is 1. The Bertz CT molecular complexity index is 1460. The summed E-state index contributed by atoms with van der Waals surface area (Å²) in [5.74, 6) is 1.23. The van der Waals surface area contributed by atoms with Crippen molar-refractivity contribution in [3.05, 3.63) is 94.5 Å². The lowest BCUT2D eigenvalue weighted by atomic mass is 10.2. The molecule has 32 heavy (non-hydrogen) atoms. The molecule has 5 rings (SSSR count). The number of hydrogen-bond donors (Lipinski definition) is 0. The normalized spacial score (nSPS) is 12.3. The van der Waals surface area contributed by atoms with Crippen molar-refractivity contribution in [1.29, 1.82) is 0 Å². The summed E-state index contributed by atoms with van der Waals surface area (Å²) in [7, 11) is 1.63. The van der Waals surface area contributed by atoms with E-state index in [0.717, 1.165) is 27.5 Å². The van der Waals surface area contributed by atoms with Gasteiger partial charge in [-0.2, -0.15) is 0 Å². The molecule has 2 aromatic carbocycles. The number of aromatic nitrogens is 5. The number of pyridine rings is 1. The van der Waals surface area contributed by atoms with Crippen LogP contribution in [-0.4, -0.2) is 31.3 Å². The van der Waals surface area contributed by atoms with Crippen LogP contribution in [0.5, 0.6) is 5.75 Å². The third kappa shape index (κ3) is 3.52. The Labute approximate surface area is 188 Å².